The van der Waals surface area contributed by atoms with E-state index in [0.29, 0.717) is 31.7 Å². The third-order valence-electron chi connectivity index (χ3n) is 4.97. The van der Waals surface area contributed by atoms with Crippen molar-refractivity contribution in [2.75, 3.05) is 18.0 Å². The van der Waals surface area contributed by atoms with Gasteiger partial charge in [0, 0.05) is 25.3 Å². The Bertz CT molecular complexity index is 993. The summed E-state index contributed by atoms with van der Waals surface area (Å²) < 4.78 is 39.5. The van der Waals surface area contributed by atoms with Crippen LogP contribution in [-0.2, 0) is 17.5 Å². The molecule has 0 radical (unpaired) electrons. The van der Waals surface area contributed by atoms with Gasteiger partial charge in [0.25, 0.3) is 0 Å². The first-order chi connectivity index (χ1) is 13.9. The lowest BCUT2D eigenvalue weighted by molar-refractivity contribution is -0.137. The van der Waals surface area contributed by atoms with Crippen LogP contribution in [0.25, 0.3) is 11.0 Å². The zero-order valence-electron chi connectivity index (χ0n) is 15.4. The minimum Gasteiger partial charge on any atom is -0.356 e. The quantitative estimate of drug-likeness (QED) is 0.724. The van der Waals surface area contributed by atoms with Crippen molar-refractivity contribution in [1.29, 1.82) is 0 Å². The largest absolute Gasteiger partial charge is 0.417 e. The molecule has 1 amide bonds. The summed E-state index contributed by atoms with van der Waals surface area (Å²) in [5.74, 6) is 0.364. The molecule has 1 N–H and O–H groups in total. The summed E-state index contributed by atoms with van der Waals surface area (Å²) in [6, 6.07) is 9.85. The molecule has 3 aromatic rings. The van der Waals surface area contributed by atoms with Crippen LogP contribution in [0.2, 0.25) is 0 Å². The van der Waals surface area contributed by atoms with Gasteiger partial charge in [-0.25, -0.2) is 9.67 Å². The molecule has 0 unspecified atom stereocenters. The lowest BCUT2D eigenvalue weighted by atomic mass is 10.0. The highest BCUT2D eigenvalue weighted by Gasteiger charge is 2.31. The average Bonchev–Trinajstić information content (AvgIpc) is 3.11. The summed E-state index contributed by atoms with van der Waals surface area (Å²) in [4.78, 5) is 18.2. The van der Waals surface area contributed by atoms with Gasteiger partial charge in [0.2, 0.25) is 5.91 Å². The van der Waals surface area contributed by atoms with Gasteiger partial charge < -0.3 is 10.2 Å². The van der Waals surface area contributed by atoms with E-state index in [0.717, 1.165) is 23.3 Å². The molecule has 1 fully saturated rings. The molecular formula is C19H19F3N6O. The van der Waals surface area contributed by atoms with Crippen LogP contribution in [0.5, 0.6) is 0 Å². The number of carbonyl (C=O) groups excluding carboxylic acids is 1. The third-order valence-corrected chi connectivity index (χ3v) is 4.97. The predicted octanol–water partition coefficient (Wildman–Crippen LogP) is 2.63. The number of amides is 1. The average molecular weight is 404 g/mol. The van der Waals surface area contributed by atoms with Gasteiger partial charge in [0.05, 0.1) is 11.1 Å². The van der Waals surface area contributed by atoms with E-state index in [1.165, 1.54) is 6.07 Å². The highest BCUT2D eigenvalue weighted by Crippen LogP contribution is 2.29. The summed E-state index contributed by atoms with van der Waals surface area (Å²) in [7, 11) is 0. The molecule has 0 aliphatic carbocycles. The fourth-order valence-corrected chi connectivity index (χ4v) is 3.44. The Kier molecular flexibility index (Phi) is 5.08. The van der Waals surface area contributed by atoms with Crippen LogP contribution in [0.15, 0.2) is 42.6 Å². The molecule has 0 atom stereocenters. The molecule has 7 nitrogen and oxygen atoms in total. The van der Waals surface area contributed by atoms with Gasteiger partial charge >= 0.3 is 6.18 Å². The van der Waals surface area contributed by atoms with Crippen molar-refractivity contribution in [2.45, 2.75) is 31.6 Å². The fraction of sp³-hybridized carbons (Fsp3) is 0.368. The van der Waals surface area contributed by atoms with Gasteiger partial charge in [-0.3, -0.25) is 4.79 Å². The molecule has 3 heterocycles. The molecule has 1 aliphatic rings. The lowest BCUT2D eigenvalue weighted by Crippen LogP contribution is -2.45. The number of rotatable bonds is 4. The Morgan fingerprint density at radius 1 is 1.14 bits per heavy atom. The summed E-state index contributed by atoms with van der Waals surface area (Å²) in [6.07, 6.45) is -2.16. The molecule has 10 heteroatoms. The number of anilines is 1. The number of para-hydroxylation sites is 1. The minimum absolute atomic E-state index is 0.00276. The number of fused-ring (bicyclic) bond motifs is 1. The number of hydrogen-bond acceptors (Lipinski definition) is 5. The predicted molar refractivity (Wildman–Crippen MR) is 100 cm³/mol. The second-order valence-corrected chi connectivity index (χ2v) is 6.97. The summed E-state index contributed by atoms with van der Waals surface area (Å²) in [5.41, 5.74) is 0.771. The first-order valence-electron chi connectivity index (χ1n) is 9.26. The van der Waals surface area contributed by atoms with Crippen LogP contribution >= 0.6 is 0 Å². The first kappa shape index (κ1) is 19.2. The van der Waals surface area contributed by atoms with E-state index in [1.54, 1.807) is 4.68 Å². The van der Waals surface area contributed by atoms with Crippen molar-refractivity contribution in [1.82, 2.24) is 25.3 Å². The number of nitrogens with one attached hydrogen (secondary N) is 1. The Balaban J connectivity index is 1.30. The van der Waals surface area contributed by atoms with Crippen molar-refractivity contribution in [2.24, 2.45) is 0 Å². The standard InChI is InChI=1S/C19H19F3N6O/c20-19(21,22)13-5-6-17(23-11-13)27-9-7-14(8-10-27)24-18(29)12-28-16-4-2-1-3-15(16)25-26-28/h1-6,11,14H,7-10,12H2,(H,24,29). The third kappa shape index (κ3) is 4.30. The number of hydrogen-bond donors (Lipinski definition) is 1. The van der Waals surface area contributed by atoms with E-state index in [2.05, 4.69) is 20.6 Å². The van der Waals surface area contributed by atoms with E-state index >= 15 is 0 Å². The van der Waals surface area contributed by atoms with E-state index < -0.39 is 11.7 Å². The second kappa shape index (κ2) is 7.69. The van der Waals surface area contributed by atoms with Crippen LogP contribution in [-0.4, -0.2) is 45.0 Å². The SMILES string of the molecule is O=C(Cn1nnc2ccccc21)NC1CCN(c2ccc(C(F)(F)F)cn2)CC1. The number of alkyl halides is 3. The van der Waals surface area contributed by atoms with Crippen LogP contribution in [0.1, 0.15) is 18.4 Å². The van der Waals surface area contributed by atoms with Gasteiger partial charge in [-0.05, 0) is 37.1 Å². The zero-order valence-corrected chi connectivity index (χ0v) is 15.4. The van der Waals surface area contributed by atoms with E-state index in [9.17, 15) is 18.0 Å². The molecule has 2 aromatic heterocycles. The van der Waals surface area contributed by atoms with E-state index in [4.69, 9.17) is 0 Å². The van der Waals surface area contributed by atoms with Gasteiger partial charge in [-0.2, -0.15) is 13.2 Å². The summed E-state index contributed by atoms with van der Waals surface area (Å²) in [5, 5.41) is 11.0. The molecule has 152 valence electrons. The van der Waals surface area contributed by atoms with Crippen LogP contribution in [0.3, 0.4) is 0 Å². The highest BCUT2D eigenvalue weighted by molar-refractivity contribution is 5.79. The molecular weight excluding hydrogens is 385 g/mol. The fourth-order valence-electron chi connectivity index (χ4n) is 3.44. The molecule has 29 heavy (non-hydrogen) atoms. The molecule has 1 aliphatic heterocycles. The topological polar surface area (TPSA) is 75.9 Å². The van der Waals surface area contributed by atoms with Gasteiger partial charge in [0.1, 0.15) is 17.9 Å². The van der Waals surface area contributed by atoms with E-state index in [1.807, 2.05) is 29.2 Å². The van der Waals surface area contributed by atoms with Crippen molar-refractivity contribution in [3.05, 3.63) is 48.2 Å². The van der Waals surface area contributed by atoms with Crippen LogP contribution in [0.4, 0.5) is 19.0 Å². The maximum atomic E-state index is 12.7. The second-order valence-electron chi connectivity index (χ2n) is 6.97. The maximum Gasteiger partial charge on any atom is 0.417 e. The molecule has 1 aromatic carbocycles. The number of nitrogens with zero attached hydrogens (tertiary/aromatic N) is 5. The van der Waals surface area contributed by atoms with Gasteiger partial charge in [-0.15, -0.1) is 5.10 Å². The summed E-state index contributed by atoms with van der Waals surface area (Å²) >= 11 is 0. The number of aromatic nitrogens is 4. The normalized spacial score (nSPS) is 15.6. The number of benzene rings is 1. The highest BCUT2D eigenvalue weighted by atomic mass is 19.4. The Morgan fingerprint density at radius 2 is 1.90 bits per heavy atom. The van der Waals surface area contributed by atoms with Crippen molar-refractivity contribution >= 4 is 22.8 Å². The molecule has 0 saturated carbocycles. The number of carbonyl (C=O) groups is 1. The minimum atomic E-state index is -4.39. The van der Waals surface area contributed by atoms with Crippen molar-refractivity contribution < 1.29 is 18.0 Å². The molecule has 0 bridgehead atoms. The van der Waals surface area contributed by atoms with Crippen LogP contribution in [0, 0.1) is 0 Å². The Hall–Kier alpha value is -3.17. The van der Waals surface area contributed by atoms with Gasteiger partial charge in [-0.1, -0.05) is 17.3 Å². The van der Waals surface area contributed by atoms with Gasteiger partial charge in [0.15, 0.2) is 0 Å². The Labute approximate surface area is 164 Å². The van der Waals surface area contributed by atoms with Crippen molar-refractivity contribution in [3.8, 4) is 0 Å². The number of piperidine rings is 1. The molecule has 1 saturated heterocycles. The van der Waals surface area contributed by atoms with Crippen molar-refractivity contribution in [3.63, 3.8) is 0 Å². The van der Waals surface area contributed by atoms with Crippen LogP contribution < -0.4 is 10.2 Å². The monoisotopic (exact) mass is 404 g/mol. The molecule has 0 spiro atoms. The Morgan fingerprint density at radius 3 is 2.59 bits per heavy atom. The zero-order chi connectivity index (χ0) is 20.4. The van der Waals surface area contributed by atoms with E-state index in [-0.39, 0.29) is 18.5 Å². The smallest absolute Gasteiger partial charge is 0.356 e. The summed E-state index contributed by atoms with van der Waals surface area (Å²) in [6.45, 7) is 1.30. The first-order valence-corrected chi connectivity index (χ1v) is 9.26. The lowest BCUT2D eigenvalue weighted by Gasteiger charge is -2.33. The number of halogens is 3. The molecule has 4 rings (SSSR count). The maximum absolute atomic E-state index is 12.7. The number of pyridine rings is 1.